The first-order valence-corrected chi connectivity index (χ1v) is 6.73. The van der Waals surface area contributed by atoms with Gasteiger partial charge in [-0.15, -0.1) is 0 Å². The van der Waals surface area contributed by atoms with Gasteiger partial charge in [-0.25, -0.2) is 0 Å². The Morgan fingerprint density at radius 2 is 2.05 bits per heavy atom. The van der Waals surface area contributed by atoms with Crippen LogP contribution in [-0.2, 0) is 6.42 Å². The molecular formula is C15H15BrO3. The number of methoxy groups -OCH3 is 1. The van der Waals surface area contributed by atoms with E-state index in [0.717, 1.165) is 21.5 Å². The van der Waals surface area contributed by atoms with Gasteiger partial charge in [0.05, 0.1) is 12.7 Å². The lowest BCUT2D eigenvalue weighted by Crippen LogP contribution is -2.04. The second-order valence-electron chi connectivity index (χ2n) is 4.38. The monoisotopic (exact) mass is 322 g/mol. The van der Waals surface area contributed by atoms with Gasteiger partial charge in [0.25, 0.3) is 0 Å². The number of Topliss-reactive ketones (excluding diaryl/α,β-unsaturated/α-hetero) is 1. The van der Waals surface area contributed by atoms with Gasteiger partial charge >= 0.3 is 0 Å². The van der Waals surface area contributed by atoms with E-state index in [0.29, 0.717) is 17.7 Å². The SMILES string of the molecule is COc1ccc(Br)c(CC(=O)c2cc(C)oc2C)c1. The van der Waals surface area contributed by atoms with Crippen molar-refractivity contribution < 1.29 is 13.9 Å². The number of benzene rings is 1. The Labute approximate surface area is 120 Å². The highest BCUT2D eigenvalue weighted by Gasteiger charge is 2.15. The van der Waals surface area contributed by atoms with Crippen LogP contribution in [0.2, 0.25) is 0 Å². The van der Waals surface area contributed by atoms with Gasteiger partial charge in [0.2, 0.25) is 0 Å². The van der Waals surface area contributed by atoms with E-state index < -0.39 is 0 Å². The molecule has 2 rings (SSSR count). The largest absolute Gasteiger partial charge is 0.497 e. The lowest BCUT2D eigenvalue weighted by molar-refractivity contribution is 0.0991. The van der Waals surface area contributed by atoms with Crippen LogP contribution in [-0.4, -0.2) is 12.9 Å². The Hall–Kier alpha value is -1.55. The van der Waals surface area contributed by atoms with Crippen LogP contribution in [0.3, 0.4) is 0 Å². The molecule has 0 N–H and O–H groups in total. The van der Waals surface area contributed by atoms with Crippen molar-refractivity contribution in [2.45, 2.75) is 20.3 Å². The maximum absolute atomic E-state index is 12.3. The zero-order valence-corrected chi connectivity index (χ0v) is 12.7. The quantitative estimate of drug-likeness (QED) is 0.796. The second-order valence-corrected chi connectivity index (χ2v) is 5.24. The minimum absolute atomic E-state index is 0.0447. The van der Waals surface area contributed by atoms with Crippen molar-refractivity contribution in [3.05, 3.63) is 51.4 Å². The van der Waals surface area contributed by atoms with Gasteiger partial charge < -0.3 is 9.15 Å². The molecule has 2 aromatic rings. The molecule has 1 heterocycles. The fourth-order valence-corrected chi connectivity index (χ4v) is 2.38. The first-order valence-electron chi connectivity index (χ1n) is 5.94. The van der Waals surface area contributed by atoms with Crippen LogP contribution in [0, 0.1) is 13.8 Å². The third-order valence-corrected chi connectivity index (χ3v) is 3.72. The molecule has 0 spiro atoms. The van der Waals surface area contributed by atoms with Crippen LogP contribution in [0.5, 0.6) is 5.75 Å². The number of carbonyl (C=O) groups is 1. The Bertz CT molecular complexity index is 614. The standard InChI is InChI=1S/C15H15BrO3/c1-9-6-13(10(2)19-9)15(17)8-11-7-12(18-3)4-5-14(11)16/h4-7H,8H2,1-3H3. The number of ether oxygens (including phenoxy) is 1. The summed E-state index contributed by atoms with van der Waals surface area (Å²) in [4.78, 5) is 12.3. The molecule has 4 heteroatoms. The molecule has 0 radical (unpaired) electrons. The lowest BCUT2D eigenvalue weighted by Gasteiger charge is -2.06. The molecular weight excluding hydrogens is 308 g/mol. The van der Waals surface area contributed by atoms with Crippen LogP contribution in [0.25, 0.3) is 0 Å². The van der Waals surface area contributed by atoms with Crippen molar-refractivity contribution in [1.29, 1.82) is 0 Å². The highest BCUT2D eigenvalue weighted by atomic mass is 79.9. The van der Waals surface area contributed by atoms with Gasteiger partial charge in [-0.3, -0.25) is 4.79 Å². The zero-order chi connectivity index (χ0) is 14.0. The molecule has 100 valence electrons. The highest BCUT2D eigenvalue weighted by molar-refractivity contribution is 9.10. The molecule has 1 aromatic heterocycles. The van der Waals surface area contributed by atoms with E-state index in [-0.39, 0.29) is 5.78 Å². The first-order chi connectivity index (χ1) is 9.01. The maximum atomic E-state index is 12.3. The maximum Gasteiger partial charge on any atom is 0.170 e. The Morgan fingerprint density at radius 1 is 1.32 bits per heavy atom. The average Bonchev–Trinajstić information content (AvgIpc) is 2.71. The Morgan fingerprint density at radius 3 is 2.63 bits per heavy atom. The highest BCUT2D eigenvalue weighted by Crippen LogP contribution is 2.25. The number of halogens is 1. The van der Waals surface area contributed by atoms with Gasteiger partial charge in [0.15, 0.2) is 5.78 Å². The van der Waals surface area contributed by atoms with Gasteiger partial charge in [-0.05, 0) is 43.7 Å². The topological polar surface area (TPSA) is 39.4 Å². The van der Waals surface area contributed by atoms with E-state index in [1.54, 1.807) is 20.1 Å². The number of ketones is 1. The van der Waals surface area contributed by atoms with Crippen LogP contribution in [0.1, 0.15) is 27.4 Å². The molecule has 19 heavy (non-hydrogen) atoms. The molecule has 1 aromatic carbocycles. The molecule has 0 aliphatic rings. The number of hydrogen-bond acceptors (Lipinski definition) is 3. The van der Waals surface area contributed by atoms with E-state index in [1.807, 2.05) is 25.1 Å². The van der Waals surface area contributed by atoms with E-state index >= 15 is 0 Å². The molecule has 0 saturated heterocycles. The predicted octanol–water partition coefficient (Wildman–Crippen LogP) is 4.09. The summed E-state index contributed by atoms with van der Waals surface area (Å²) in [5.41, 5.74) is 1.55. The normalized spacial score (nSPS) is 10.5. The van der Waals surface area contributed by atoms with Crippen molar-refractivity contribution in [3.8, 4) is 5.75 Å². The number of carbonyl (C=O) groups excluding carboxylic acids is 1. The average molecular weight is 323 g/mol. The summed E-state index contributed by atoms with van der Waals surface area (Å²) < 4.78 is 11.5. The van der Waals surface area contributed by atoms with E-state index in [4.69, 9.17) is 9.15 Å². The lowest BCUT2D eigenvalue weighted by atomic mass is 10.0. The van der Waals surface area contributed by atoms with E-state index in [9.17, 15) is 4.79 Å². The molecule has 0 saturated carbocycles. The molecule has 0 unspecified atom stereocenters. The predicted molar refractivity (Wildman–Crippen MR) is 76.9 cm³/mol. The van der Waals surface area contributed by atoms with Gasteiger partial charge in [-0.2, -0.15) is 0 Å². The van der Waals surface area contributed by atoms with Crippen LogP contribution >= 0.6 is 15.9 Å². The molecule has 0 aliphatic carbocycles. The van der Waals surface area contributed by atoms with Crippen LogP contribution in [0.15, 0.2) is 33.2 Å². The number of rotatable bonds is 4. The van der Waals surface area contributed by atoms with Crippen molar-refractivity contribution in [2.24, 2.45) is 0 Å². The Balaban J connectivity index is 2.26. The second kappa shape index (κ2) is 5.61. The van der Waals surface area contributed by atoms with E-state index in [2.05, 4.69) is 15.9 Å². The third-order valence-electron chi connectivity index (χ3n) is 2.95. The first kappa shape index (κ1) is 13.9. The number of aryl methyl sites for hydroxylation is 2. The fourth-order valence-electron chi connectivity index (χ4n) is 1.99. The summed E-state index contributed by atoms with van der Waals surface area (Å²) in [6.45, 7) is 3.64. The van der Waals surface area contributed by atoms with Gasteiger partial charge in [0, 0.05) is 10.9 Å². The Kier molecular flexibility index (Phi) is 4.10. The molecule has 0 bridgehead atoms. The number of hydrogen-bond donors (Lipinski definition) is 0. The van der Waals surface area contributed by atoms with Gasteiger partial charge in [0.1, 0.15) is 17.3 Å². The molecule has 0 fully saturated rings. The van der Waals surface area contributed by atoms with Crippen LogP contribution < -0.4 is 4.74 Å². The van der Waals surface area contributed by atoms with Crippen molar-refractivity contribution in [1.82, 2.24) is 0 Å². The van der Waals surface area contributed by atoms with E-state index in [1.165, 1.54) is 0 Å². The summed E-state index contributed by atoms with van der Waals surface area (Å²) in [5.74, 6) is 2.21. The summed E-state index contributed by atoms with van der Waals surface area (Å²) >= 11 is 3.45. The third kappa shape index (κ3) is 3.07. The minimum atomic E-state index is 0.0447. The van der Waals surface area contributed by atoms with Crippen molar-refractivity contribution in [2.75, 3.05) is 7.11 Å². The zero-order valence-electron chi connectivity index (χ0n) is 11.1. The minimum Gasteiger partial charge on any atom is -0.497 e. The van der Waals surface area contributed by atoms with Crippen molar-refractivity contribution in [3.63, 3.8) is 0 Å². The summed E-state index contributed by atoms with van der Waals surface area (Å²) in [5, 5.41) is 0. The number of furan rings is 1. The smallest absolute Gasteiger partial charge is 0.170 e. The molecule has 0 aliphatic heterocycles. The fraction of sp³-hybridized carbons (Fsp3) is 0.267. The summed E-state index contributed by atoms with van der Waals surface area (Å²) in [6, 6.07) is 7.39. The molecule has 0 amide bonds. The summed E-state index contributed by atoms with van der Waals surface area (Å²) in [7, 11) is 1.61. The van der Waals surface area contributed by atoms with Crippen molar-refractivity contribution >= 4 is 21.7 Å². The summed E-state index contributed by atoms with van der Waals surface area (Å²) in [6.07, 6.45) is 0.317. The molecule has 3 nitrogen and oxygen atoms in total. The van der Waals surface area contributed by atoms with Crippen LogP contribution in [0.4, 0.5) is 0 Å². The molecule has 0 atom stereocenters. The van der Waals surface area contributed by atoms with Gasteiger partial charge in [-0.1, -0.05) is 15.9 Å².